The summed E-state index contributed by atoms with van der Waals surface area (Å²) in [7, 11) is 0. The van der Waals surface area contributed by atoms with Gasteiger partial charge in [-0.25, -0.2) is 9.11 Å². The van der Waals surface area contributed by atoms with Crippen LogP contribution >= 0.6 is 0 Å². The Kier molecular flexibility index (Phi) is 4.26. The molecule has 1 spiro atoms. The third kappa shape index (κ3) is 2.90. The number of fused-ring (bicyclic) bond motifs is 1. The largest absolute Gasteiger partial charge is 0.760 e. The Labute approximate surface area is 152 Å². The number of halogens is 1. The maximum absolute atomic E-state index is 13.3. The molecule has 1 aliphatic heterocycles. The summed E-state index contributed by atoms with van der Waals surface area (Å²) >= 11 is -2.36. The summed E-state index contributed by atoms with van der Waals surface area (Å²) in [6, 6.07) is 10.9. The molecule has 26 heavy (non-hydrogen) atoms. The number of hydrogen-bond acceptors (Lipinski definition) is 4. The first kappa shape index (κ1) is 17.1. The van der Waals surface area contributed by atoms with Gasteiger partial charge in [0.2, 0.25) is 0 Å². The molecule has 1 aliphatic carbocycles. The van der Waals surface area contributed by atoms with E-state index in [1.165, 1.54) is 12.1 Å². The van der Waals surface area contributed by atoms with Crippen LogP contribution in [0.2, 0.25) is 0 Å². The van der Waals surface area contributed by atoms with Gasteiger partial charge in [-0.3, -0.25) is 13.9 Å². The van der Waals surface area contributed by atoms with Crippen molar-refractivity contribution in [3.63, 3.8) is 0 Å². The molecule has 0 radical (unpaired) electrons. The zero-order valence-electron chi connectivity index (χ0n) is 13.7. The topological polar surface area (TPSA) is 81.7 Å². The Morgan fingerprint density at radius 3 is 2.58 bits per heavy atom. The van der Waals surface area contributed by atoms with Gasteiger partial charge in [-0.15, -0.1) is 0 Å². The summed E-state index contributed by atoms with van der Waals surface area (Å²) in [5.41, 5.74) is 0.954. The predicted octanol–water partition coefficient (Wildman–Crippen LogP) is 2.69. The van der Waals surface area contributed by atoms with Crippen molar-refractivity contribution in [3.05, 3.63) is 53.8 Å². The molecular formula is C18H16FN2O4S-. The van der Waals surface area contributed by atoms with Crippen molar-refractivity contribution < 1.29 is 22.7 Å². The Morgan fingerprint density at radius 2 is 1.96 bits per heavy atom. The first-order valence-electron chi connectivity index (χ1n) is 8.23. The summed E-state index contributed by atoms with van der Waals surface area (Å²) in [6.45, 7) is 0.129. The zero-order valence-corrected chi connectivity index (χ0v) is 14.6. The van der Waals surface area contributed by atoms with E-state index < -0.39 is 16.9 Å². The summed E-state index contributed by atoms with van der Waals surface area (Å²) in [5.74, 6) is -0.0147. The van der Waals surface area contributed by atoms with E-state index in [0.717, 1.165) is 12.0 Å². The molecule has 2 aromatic rings. The van der Waals surface area contributed by atoms with Gasteiger partial charge in [0.1, 0.15) is 11.6 Å². The molecule has 1 heterocycles. The number of nitrogens with one attached hydrogen (secondary N) is 1. The van der Waals surface area contributed by atoms with Gasteiger partial charge in [-0.2, -0.15) is 0 Å². The highest BCUT2D eigenvalue weighted by Gasteiger charge is 2.53. The van der Waals surface area contributed by atoms with E-state index in [1.54, 1.807) is 35.2 Å². The van der Waals surface area contributed by atoms with Crippen molar-refractivity contribution in [2.24, 2.45) is 0 Å². The molecule has 6 nitrogen and oxygen atoms in total. The lowest BCUT2D eigenvalue weighted by molar-refractivity contribution is -0.142. The first-order chi connectivity index (χ1) is 12.5. The maximum Gasteiger partial charge on any atom is 0.275 e. The smallest absolute Gasteiger partial charge is 0.275 e. The van der Waals surface area contributed by atoms with E-state index in [4.69, 9.17) is 4.74 Å². The van der Waals surface area contributed by atoms with Crippen LogP contribution in [0.4, 0.5) is 15.8 Å². The number of benzene rings is 2. The molecule has 0 saturated heterocycles. The van der Waals surface area contributed by atoms with Crippen LogP contribution in [0.3, 0.4) is 0 Å². The third-order valence-corrected chi connectivity index (χ3v) is 5.18. The summed E-state index contributed by atoms with van der Waals surface area (Å²) in [6.07, 6.45) is 2.14. The van der Waals surface area contributed by atoms with Crippen LogP contribution < -0.4 is 14.4 Å². The van der Waals surface area contributed by atoms with Gasteiger partial charge in [0.25, 0.3) is 5.91 Å². The Morgan fingerprint density at radius 1 is 1.23 bits per heavy atom. The van der Waals surface area contributed by atoms with Crippen molar-refractivity contribution in [3.8, 4) is 5.75 Å². The summed E-state index contributed by atoms with van der Waals surface area (Å²) in [5, 5.41) is 0. The molecule has 1 amide bonds. The van der Waals surface area contributed by atoms with E-state index in [-0.39, 0.29) is 18.3 Å². The molecule has 136 valence electrons. The van der Waals surface area contributed by atoms with Crippen LogP contribution in [0.15, 0.2) is 42.5 Å². The SMILES string of the molecule is O=C1N(c2ccc(F)cc2)c2ccc(CNS(=O)[O-])cc2OC12CCC2. The fourth-order valence-corrected chi connectivity index (χ4v) is 3.59. The van der Waals surface area contributed by atoms with Gasteiger partial charge < -0.3 is 9.29 Å². The summed E-state index contributed by atoms with van der Waals surface area (Å²) in [4.78, 5) is 14.6. The molecule has 2 aliphatic rings. The number of nitrogens with zero attached hydrogens (tertiary/aromatic N) is 1. The Balaban J connectivity index is 1.76. The molecule has 4 rings (SSSR count). The van der Waals surface area contributed by atoms with Crippen molar-refractivity contribution in [1.29, 1.82) is 0 Å². The lowest BCUT2D eigenvalue weighted by atomic mass is 9.77. The number of anilines is 2. The highest BCUT2D eigenvalue weighted by molar-refractivity contribution is 7.77. The van der Waals surface area contributed by atoms with Crippen LogP contribution in [-0.2, 0) is 22.6 Å². The normalized spacial score (nSPS) is 18.8. The number of hydrogen-bond donors (Lipinski definition) is 1. The monoisotopic (exact) mass is 375 g/mol. The molecular weight excluding hydrogens is 359 g/mol. The van der Waals surface area contributed by atoms with Gasteiger partial charge in [-0.1, -0.05) is 6.07 Å². The summed E-state index contributed by atoms with van der Waals surface area (Å²) < 4.78 is 43.1. The van der Waals surface area contributed by atoms with Gasteiger partial charge in [0, 0.05) is 23.5 Å². The average Bonchev–Trinajstić information content (AvgIpc) is 2.59. The molecule has 0 bridgehead atoms. The number of amides is 1. The number of rotatable bonds is 4. The van der Waals surface area contributed by atoms with Crippen molar-refractivity contribution in [2.45, 2.75) is 31.4 Å². The van der Waals surface area contributed by atoms with Gasteiger partial charge in [0.05, 0.1) is 5.69 Å². The minimum atomic E-state index is -2.36. The maximum atomic E-state index is 13.3. The molecule has 1 atom stereocenters. The van der Waals surface area contributed by atoms with Gasteiger partial charge >= 0.3 is 0 Å². The zero-order chi connectivity index (χ0) is 18.3. The van der Waals surface area contributed by atoms with Crippen LogP contribution in [0.5, 0.6) is 5.75 Å². The van der Waals surface area contributed by atoms with Gasteiger partial charge in [-0.05, 0) is 61.2 Å². The molecule has 1 N–H and O–H groups in total. The average molecular weight is 375 g/mol. The molecule has 1 saturated carbocycles. The van der Waals surface area contributed by atoms with Crippen molar-refractivity contribution >= 4 is 28.5 Å². The quantitative estimate of drug-likeness (QED) is 0.833. The van der Waals surface area contributed by atoms with Crippen LogP contribution in [0.25, 0.3) is 0 Å². The molecule has 2 aromatic carbocycles. The number of carbonyl (C=O) groups excluding carboxylic acids is 1. The van der Waals surface area contributed by atoms with Gasteiger partial charge in [0.15, 0.2) is 5.60 Å². The predicted molar refractivity (Wildman–Crippen MR) is 93.0 cm³/mol. The third-order valence-electron chi connectivity index (χ3n) is 4.80. The Hall–Kier alpha value is -2.29. The number of ether oxygens (including phenoxy) is 1. The van der Waals surface area contributed by atoms with Crippen LogP contribution in [0, 0.1) is 5.82 Å². The second-order valence-corrected chi connectivity index (χ2v) is 7.18. The lowest BCUT2D eigenvalue weighted by Gasteiger charge is -2.47. The van der Waals surface area contributed by atoms with Crippen LogP contribution in [0.1, 0.15) is 24.8 Å². The van der Waals surface area contributed by atoms with Crippen molar-refractivity contribution in [2.75, 3.05) is 4.90 Å². The minimum absolute atomic E-state index is 0.129. The first-order valence-corrected chi connectivity index (χ1v) is 9.31. The highest BCUT2D eigenvalue weighted by Crippen LogP contribution is 2.49. The van der Waals surface area contributed by atoms with E-state index in [1.807, 2.05) is 0 Å². The number of carbonyl (C=O) groups is 1. The van der Waals surface area contributed by atoms with Crippen molar-refractivity contribution in [1.82, 2.24) is 4.72 Å². The lowest BCUT2D eigenvalue weighted by Crippen LogP contribution is -2.58. The fourth-order valence-electron chi connectivity index (χ4n) is 3.30. The molecule has 1 fully saturated rings. The van der Waals surface area contributed by atoms with E-state index in [2.05, 4.69) is 4.72 Å². The minimum Gasteiger partial charge on any atom is -0.760 e. The second-order valence-electron chi connectivity index (χ2n) is 6.42. The highest BCUT2D eigenvalue weighted by atomic mass is 32.2. The van der Waals surface area contributed by atoms with Crippen LogP contribution in [-0.4, -0.2) is 20.3 Å². The Bertz CT molecular complexity index is 883. The standard InChI is InChI=1S/C18H17FN2O4S/c19-13-3-5-14(6-4-13)21-15-7-2-12(11-20-26(23)24)10-16(15)25-18(17(21)22)8-1-9-18/h2-7,10,20H,1,8-9,11H2,(H,23,24)/p-1. The van der Waals surface area contributed by atoms with E-state index >= 15 is 0 Å². The molecule has 0 aromatic heterocycles. The molecule has 1 unspecified atom stereocenters. The van der Waals surface area contributed by atoms with E-state index in [9.17, 15) is 17.9 Å². The van der Waals surface area contributed by atoms with E-state index in [0.29, 0.717) is 30.0 Å². The second kappa shape index (κ2) is 6.46. The molecule has 8 heteroatoms. The fraction of sp³-hybridized carbons (Fsp3) is 0.278.